The number of aromatic nitrogens is 3. The molecule has 3 aromatic rings. The number of aromatic amines is 2. The molecule has 3 heterocycles. The summed E-state index contributed by atoms with van der Waals surface area (Å²) >= 11 is 0. The molecule has 1 fully saturated rings. The highest BCUT2D eigenvalue weighted by atomic mass is 16.1. The van der Waals surface area contributed by atoms with Gasteiger partial charge in [0.2, 0.25) is 0 Å². The molecule has 2 aromatic heterocycles. The number of nitrogens with zero attached hydrogens (tertiary/aromatic N) is 1. The number of fused-ring (bicyclic) bond motifs is 1. The van der Waals surface area contributed by atoms with Crippen molar-refractivity contribution in [2.75, 3.05) is 13.1 Å². The molecule has 4 N–H and O–H groups in total. The zero-order chi connectivity index (χ0) is 20.9. The topological polar surface area (TPSA) is 85.6 Å². The van der Waals surface area contributed by atoms with Crippen LogP contribution in [-0.4, -0.2) is 34.3 Å². The largest absolute Gasteiger partial charge is 0.354 e. The molecule has 0 bridgehead atoms. The summed E-state index contributed by atoms with van der Waals surface area (Å²) < 4.78 is 0. The van der Waals surface area contributed by atoms with Gasteiger partial charge in [0.15, 0.2) is 0 Å². The third-order valence-electron chi connectivity index (χ3n) is 5.67. The van der Waals surface area contributed by atoms with E-state index in [9.17, 15) is 4.79 Å². The Kier molecular flexibility index (Phi) is 6.26. The van der Waals surface area contributed by atoms with Gasteiger partial charge in [-0.1, -0.05) is 30.4 Å². The van der Waals surface area contributed by atoms with Crippen molar-refractivity contribution >= 4 is 16.5 Å². The number of hydrogen-bond acceptors (Lipinski definition) is 4. The fraction of sp³-hybridized carbons (Fsp3) is 0.333. The monoisotopic (exact) mass is 403 g/mol. The summed E-state index contributed by atoms with van der Waals surface area (Å²) in [5.74, 6) is 0. The zero-order valence-corrected chi connectivity index (χ0v) is 17.6. The first-order valence-corrected chi connectivity index (χ1v) is 10.6. The molecule has 0 radical (unpaired) electrons. The van der Waals surface area contributed by atoms with Gasteiger partial charge in [0.05, 0.1) is 17.0 Å². The highest BCUT2D eigenvalue weighted by molar-refractivity contribution is 5.86. The zero-order valence-electron chi connectivity index (χ0n) is 17.6. The quantitative estimate of drug-likeness (QED) is 0.472. The third-order valence-corrected chi connectivity index (χ3v) is 5.67. The van der Waals surface area contributed by atoms with Crippen molar-refractivity contribution in [1.29, 1.82) is 0 Å². The van der Waals surface area contributed by atoms with E-state index in [0.717, 1.165) is 47.5 Å². The van der Waals surface area contributed by atoms with Gasteiger partial charge in [0.25, 0.3) is 5.56 Å². The summed E-state index contributed by atoms with van der Waals surface area (Å²) in [6, 6.07) is 10.9. The van der Waals surface area contributed by atoms with E-state index in [-0.39, 0.29) is 5.56 Å². The molecule has 1 aromatic carbocycles. The van der Waals surface area contributed by atoms with Crippen molar-refractivity contribution in [3.63, 3.8) is 0 Å². The molecule has 156 valence electrons. The van der Waals surface area contributed by atoms with Crippen molar-refractivity contribution in [3.05, 3.63) is 70.2 Å². The van der Waals surface area contributed by atoms with Crippen LogP contribution in [0.5, 0.6) is 0 Å². The molecule has 1 saturated heterocycles. The summed E-state index contributed by atoms with van der Waals surface area (Å²) in [7, 11) is 0. The lowest BCUT2D eigenvalue weighted by atomic mass is 10.1. The fourth-order valence-electron chi connectivity index (χ4n) is 3.98. The number of allylic oxidation sites excluding steroid dienone is 4. The van der Waals surface area contributed by atoms with Gasteiger partial charge in [-0.15, -0.1) is 0 Å². The minimum Gasteiger partial charge on any atom is -0.354 e. The Balaban J connectivity index is 1.60. The van der Waals surface area contributed by atoms with Gasteiger partial charge in [-0.2, -0.15) is 5.10 Å². The summed E-state index contributed by atoms with van der Waals surface area (Å²) in [4.78, 5) is 15.9. The normalized spacial score (nSPS) is 16.0. The maximum atomic E-state index is 12.5. The van der Waals surface area contributed by atoms with E-state index >= 15 is 0 Å². The standard InChI is InChI=1S/C24H29N5O/c1-3-5-17(4-2)22-14-20(24(30)29-28-22)23-13-18-7-6-16(12-21(18)27-23)15-26-19-8-10-25-11-9-19/h3-7,12-14,19,25-27H,8-11,15H2,1-2H3,(H,29,30)/b5-3-,17-4+. The first kappa shape index (κ1) is 20.3. The van der Waals surface area contributed by atoms with E-state index in [1.54, 1.807) is 0 Å². The average Bonchev–Trinajstić information content (AvgIpc) is 3.20. The number of H-pyrrole nitrogens is 2. The second-order valence-corrected chi connectivity index (χ2v) is 7.75. The van der Waals surface area contributed by atoms with Crippen molar-refractivity contribution in [1.82, 2.24) is 25.8 Å². The maximum absolute atomic E-state index is 12.5. The second kappa shape index (κ2) is 9.24. The van der Waals surface area contributed by atoms with Gasteiger partial charge < -0.3 is 15.6 Å². The van der Waals surface area contributed by atoms with Crippen molar-refractivity contribution in [2.45, 2.75) is 39.3 Å². The molecule has 0 aliphatic carbocycles. The smallest absolute Gasteiger partial charge is 0.273 e. The number of rotatable bonds is 6. The minimum absolute atomic E-state index is 0.200. The molecular formula is C24H29N5O. The molecular weight excluding hydrogens is 374 g/mol. The number of nitrogens with one attached hydrogen (secondary N) is 4. The third kappa shape index (κ3) is 4.45. The van der Waals surface area contributed by atoms with E-state index in [2.05, 4.69) is 44.0 Å². The lowest BCUT2D eigenvalue weighted by Crippen LogP contribution is -2.39. The van der Waals surface area contributed by atoms with Gasteiger partial charge in [0.1, 0.15) is 0 Å². The van der Waals surface area contributed by atoms with E-state index < -0.39 is 0 Å². The van der Waals surface area contributed by atoms with E-state index in [4.69, 9.17) is 0 Å². The van der Waals surface area contributed by atoms with Crippen LogP contribution in [-0.2, 0) is 6.54 Å². The van der Waals surface area contributed by atoms with Crippen LogP contribution >= 0.6 is 0 Å². The first-order chi connectivity index (χ1) is 14.7. The Labute approximate surface area is 176 Å². The summed E-state index contributed by atoms with van der Waals surface area (Å²) in [6.45, 7) is 6.95. The number of benzene rings is 1. The molecule has 1 aliphatic heterocycles. The van der Waals surface area contributed by atoms with Crippen molar-refractivity contribution in [3.8, 4) is 11.3 Å². The predicted octanol–water partition coefficient (Wildman–Crippen LogP) is 3.74. The van der Waals surface area contributed by atoms with Crippen LogP contribution in [0.1, 0.15) is 37.9 Å². The predicted molar refractivity (Wildman–Crippen MR) is 123 cm³/mol. The van der Waals surface area contributed by atoms with E-state index in [0.29, 0.717) is 11.6 Å². The molecule has 6 nitrogen and oxygen atoms in total. The Morgan fingerprint density at radius 1 is 1.20 bits per heavy atom. The number of piperidine rings is 1. The van der Waals surface area contributed by atoms with Gasteiger partial charge >= 0.3 is 0 Å². The van der Waals surface area contributed by atoms with Crippen LogP contribution in [0.25, 0.3) is 27.7 Å². The van der Waals surface area contributed by atoms with Gasteiger partial charge in [0, 0.05) is 23.5 Å². The molecule has 0 saturated carbocycles. The van der Waals surface area contributed by atoms with Crippen LogP contribution in [0, 0.1) is 0 Å². The molecule has 0 unspecified atom stereocenters. The van der Waals surface area contributed by atoms with Crippen LogP contribution in [0.4, 0.5) is 0 Å². The SMILES string of the molecule is C/C=C\C(=C/C)c1cc(-c2cc3ccc(CNC4CCNCC4)cc3[nH]2)c(=O)[nH]n1. The Morgan fingerprint density at radius 2 is 2.03 bits per heavy atom. The maximum Gasteiger partial charge on any atom is 0.273 e. The summed E-state index contributed by atoms with van der Waals surface area (Å²) in [5, 5.41) is 15.0. The van der Waals surface area contributed by atoms with Crippen LogP contribution in [0.15, 0.2) is 53.4 Å². The Hall–Kier alpha value is -2.96. The molecule has 0 spiro atoms. The Morgan fingerprint density at radius 3 is 2.80 bits per heavy atom. The molecule has 6 heteroatoms. The lowest BCUT2D eigenvalue weighted by molar-refractivity contribution is 0.386. The van der Waals surface area contributed by atoms with Crippen LogP contribution < -0.4 is 16.2 Å². The summed E-state index contributed by atoms with van der Waals surface area (Å²) in [6.07, 6.45) is 8.27. The number of hydrogen-bond donors (Lipinski definition) is 4. The van der Waals surface area contributed by atoms with Gasteiger partial charge in [-0.3, -0.25) is 4.79 Å². The highest BCUT2D eigenvalue weighted by Crippen LogP contribution is 2.24. The Bertz CT molecular complexity index is 1130. The van der Waals surface area contributed by atoms with Gasteiger partial charge in [-0.05, 0) is 69.1 Å². The first-order valence-electron chi connectivity index (χ1n) is 10.6. The summed E-state index contributed by atoms with van der Waals surface area (Å²) in [5.41, 5.74) is 5.18. The van der Waals surface area contributed by atoms with Crippen molar-refractivity contribution < 1.29 is 0 Å². The molecule has 1 aliphatic rings. The molecule has 0 amide bonds. The molecule has 4 rings (SSSR count). The minimum atomic E-state index is -0.200. The van der Waals surface area contributed by atoms with Crippen molar-refractivity contribution in [2.24, 2.45) is 0 Å². The molecule has 30 heavy (non-hydrogen) atoms. The lowest BCUT2D eigenvalue weighted by Gasteiger charge is -2.23. The fourth-order valence-corrected chi connectivity index (χ4v) is 3.98. The highest BCUT2D eigenvalue weighted by Gasteiger charge is 2.13. The second-order valence-electron chi connectivity index (χ2n) is 7.75. The van der Waals surface area contributed by atoms with Gasteiger partial charge in [-0.25, -0.2) is 5.10 Å². The molecule has 0 atom stereocenters. The average molecular weight is 404 g/mol. The van der Waals surface area contributed by atoms with Crippen LogP contribution in [0.3, 0.4) is 0 Å². The van der Waals surface area contributed by atoms with Crippen LogP contribution in [0.2, 0.25) is 0 Å². The van der Waals surface area contributed by atoms with E-state index in [1.807, 2.05) is 44.2 Å². The van der Waals surface area contributed by atoms with E-state index in [1.165, 1.54) is 18.4 Å².